The number of carbonyl (C=O) groups excluding carboxylic acids is 1. The maximum atomic E-state index is 12.4. The van der Waals surface area contributed by atoms with E-state index in [4.69, 9.17) is 58.0 Å². The van der Waals surface area contributed by atoms with Crippen molar-refractivity contribution in [2.75, 3.05) is 10.7 Å². The molecule has 10 heteroatoms. The number of halogens is 5. The van der Waals surface area contributed by atoms with E-state index in [1.54, 1.807) is 0 Å². The standard InChI is InChI=1S/C12H8Cl5NO3S/c13-7-1-2-9(14)10(5-7)18(11(19)12(15,16)17)8-3-4-22(20,21)6-8/h1-5,8H,6H2. The first kappa shape index (κ1) is 18.2. The number of amides is 1. The van der Waals surface area contributed by atoms with Gasteiger partial charge in [0.15, 0.2) is 9.84 Å². The molecule has 4 nitrogen and oxygen atoms in total. The molecule has 0 N–H and O–H groups in total. The van der Waals surface area contributed by atoms with Crippen molar-refractivity contribution < 1.29 is 13.2 Å². The Hall–Kier alpha value is -0.170. The lowest BCUT2D eigenvalue weighted by Gasteiger charge is -2.31. The molecule has 0 fully saturated rings. The second kappa shape index (κ2) is 6.38. The number of alkyl halides is 3. The zero-order valence-electron chi connectivity index (χ0n) is 10.6. The van der Waals surface area contributed by atoms with E-state index in [1.807, 2.05) is 0 Å². The fourth-order valence-electron chi connectivity index (χ4n) is 1.97. The number of nitrogens with zero attached hydrogens (tertiary/aromatic N) is 1. The molecule has 1 aliphatic rings. The van der Waals surface area contributed by atoms with Crippen LogP contribution in [0.4, 0.5) is 5.69 Å². The maximum Gasteiger partial charge on any atom is 0.279 e. The van der Waals surface area contributed by atoms with Crippen LogP contribution >= 0.6 is 58.0 Å². The minimum Gasteiger partial charge on any atom is -0.299 e. The molecule has 1 aromatic rings. The van der Waals surface area contributed by atoms with Crippen molar-refractivity contribution in [2.45, 2.75) is 9.83 Å². The van der Waals surface area contributed by atoms with Crippen LogP contribution < -0.4 is 4.90 Å². The van der Waals surface area contributed by atoms with Gasteiger partial charge in [-0.3, -0.25) is 9.69 Å². The highest BCUT2D eigenvalue weighted by atomic mass is 35.6. The zero-order valence-corrected chi connectivity index (χ0v) is 15.2. The van der Waals surface area contributed by atoms with E-state index in [1.165, 1.54) is 24.3 Å². The molecule has 1 amide bonds. The number of sulfone groups is 1. The van der Waals surface area contributed by atoms with E-state index in [-0.39, 0.29) is 16.5 Å². The van der Waals surface area contributed by atoms with Gasteiger partial charge in [0.25, 0.3) is 9.70 Å². The van der Waals surface area contributed by atoms with Gasteiger partial charge >= 0.3 is 0 Å². The third-order valence-electron chi connectivity index (χ3n) is 2.87. The molecule has 1 heterocycles. The molecule has 1 aromatic carbocycles. The highest BCUT2D eigenvalue weighted by Gasteiger charge is 2.41. The molecule has 0 spiro atoms. The summed E-state index contributed by atoms with van der Waals surface area (Å²) < 4.78 is 21.0. The lowest BCUT2D eigenvalue weighted by molar-refractivity contribution is -0.118. The minimum atomic E-state index is -3.43. The summed E-state index contributed by atoms with van der Waals surface area (Å²) in [6, 6.07) is 3.54. The Morgan fingerprint density at radius 2 is 1.86 bits per heavy atom. The van der Waals surface area contributed by atoms with Gasteiger partial charge in [0.2, 0.25) is 0 Å². The summed E-state index contributed by atoms with van der Waals surface area (Å²) in [6.07, 6.45) is 1.33. The highest BCUT2D eigenvalue weighted by molar-refractivity contribution is 7.94. The topological polar surface area (TPSA) is 54.5 Å². The number of benzene rings is 1. The van der Waals surface area contributed by atoms with Crippen molar-refractivity contribution in [1.82, 2.24) is 0 Å². The number of rotatable bonds is 2. The molecule has 0 radical (unpaired) electrons. The molecule has 2 rings (SSSR count). The van der Waals surface area contributed by atoms with Gasteiger partial charge in [-0.25, -0.2) is 8.42 Å². The average molecular weight is 424 g/mol. The maximum absolute atomic E-state index is 12.4. The summed E-state index contributed by atoms with van der Waals surface area (Å²) in [4.78, 5) is 13.5. The van der Waals surface area contributed by atoms with E-state index in [0.717, 1.165) is 10.3 Å². The van der Waals surface area contributed by atoms with Crippen molar-refractivity contribution in [1.29, 1.82) is 0 Å². The average Bonchev–Trinajstić information content (AvgIpc) is 2.73. The summed E-state index contributed by atoms with van der Waals surface area (Å²) in [7, 11) is -3.43. The Bertz CT molecular complexity index is 742. The lowest BCUT2D eigenvalue weighted by atomic mass is 10.2. The predicted octanol–water partition coefficient (Wildman–Crippen LogP) is 4.01. The van der Waals surface area contributed by atoms with Gasteiger partial charge in [-0.05, 0) is 24.3 Å². The number of carbonyl (C=O) groups is 1. The Morgan fingerprint density at radius 3 is 2.36 bits per heavy atom. The van der Waals surface area contributed by atoms with Crippen molar-refractivity contribution in [2.24, 2.45) is 0 Å². The second-order valence-corrected chi connectivity index (χ2v) is 9.55. The van der Waals surface area contributed by atoms with Crippen LogP contribution in [0.5, 0.6) is 0 Å². The van der Waals surface area contributed by atoms with Crippen LogP contribution in [0.1, 0.15) is 0 Å². The molecule has 1 unspecified atom stereocenters. The Morgan fingerprint density at radius 1 is 1.23 bits per heavy atom. The second-order valence-electron chi connectivity index (χ2n) is 4.49. The van der Waals surface area contributed by atoms with E-state index in [0.29, 0.717) is 5.02 Å². The molecule has 22 heavy (non-hydrogen) atoms. The molecule has 0 saturated heterocycles. The van der Waals surface area contributed by atoms with Gasteiger partial charge in [0.05, 0.1) is 22.5 Å². The Labute approximate surface area is 152 Å². The van der Waals surface area contributed by atoms with Gasteiger partial charge in [0.1, 0.15) is 0 Å². The first-order chi connectivity index (χ1) is 10.0. The van der Waals surface area contributed by atoms with Crippen molar-refractivity contribution in [3.63, 3.8) is 0 Å². The largest absolute Gasteiger partial charge is 0.299 e. The van der Waals surface area contributed by atoms with Crippen LogP contribution in [0.15, 0.2) is 29.7 Å². The van der Waals surface area contributed by atoms with E-state index in [9.17, 15) is 13.2 Å². The van der Waals surface area contributed by atoms with Crippen LogP contribution in [-0.2, 0) is 14.6 Å². The Kier molecular flexibility index (Phi) is 5.27. The SMILES string of the molecule is O=C(N(c1cc(Cl)ccc1Cl)C1C=CS(=O)(=O)C1)C(Cl)(Cl)Cl. The Balaban J connectivity index is 2.54. The van der Waals surface area contributed by atoms with Gasteiger partial charge in [-0.15, -0.1) is 0 Å². The molecule has 0 bridgehead atoms. The number of hydrogen-bond donors (Lipinski definition) is 0. The van der Waals surface area contributed by atoms with Crippen molar-refractivity contribution in [3.05, 3.63) is 39.7 Å². The minimum absolute atomic E-state index is 0.164. The summed E-state index contributed by atoms with van der Waals surface area (Å²) in [5.41, 5.74) is 0.164. The fraction of sp³-hybridized carbons (Fsp3) is 0.250. The molecule has 1 atom stereocenters. The smallest absolute Gasteiger partial charge is 0.279 e. The number of hydrogen-bond acceptors (Lipinski definition) is 3. The predicted molar refractivity (Wildman–Crippen MR) is 91.0 cm³/mol. The molecule has 120 valence electrons. The van der Waals surface area contributed by atoms with Crippen LogP contribution in [-0.4, -0.2) is 29.9 Å². The summed E-state index contributed by atoms with van der Waals surface area (Å²) >= 11 is 29.0. The van der Waals surface area contributed by atoms with Gasteiger partial charge in [0, 0.05) is 10.4 Å². The van der Waals surface area contributed by atoms with E-state index >= 15 is 0 Å². The van der Waals surface area contributed by atoms with Crippen LogP contribution in [0.2, 0.25) is 10.0 Å². The van der Waals surface area contributed by atoms with Crippen LogP contribution in [0.3, 0.4) is 0 Å². The van der Waals surface area contributed by atoms with Crippen molar-refractivity contribution >= 4 is 79.4 Å². The first-order valence-electron chi connectivity index (χ1n) is 5.78. The highest BCUT2D eigenvalue weighted by Crippen LogP contribution is 2.37. The van der Waals surface area contributed by atoms with Gasteiger partial charge in [-0.2, -0.15) is 0 Å². The molecule has 0 aliphatic carbocycles. The van der Waals surface area contributed by atoms with Crippen molar-refractivity contribution in [3.8, 4) is 0 Å². The molecular formula is C12H8Cl5NO3S. The van der Waals surface area contributed by atoms with E-state index in [2.05, 4.69) is 0 Å². The molecule has 0 saturated carbocycles. The molecule has 1 aliphatic heterocycles. The quantitative estimate of drug-likeness (QED) is 0.676. The summed E-state index contributed by atoms with van der Waals surface area (Å²) in [6.45, 7) is 0. The third kappa shape index (κ3) is 4.02. The normalized spacial score (nSPS) is 20.1. The van der Waals surface area contributed by atoms with Crippen LogP contribution in [0, 0.1) is 0 Å². The van der Waals surface area contributed by atoms with Gasteiger partial charge in [-0.1, -0.05) is 58.0 Å². The lowest BCUT2D eigenvalue weighted by Crippen LogP contribution is -2.47. The van der Waals surface area contributed by atoms with E-state index < -0.39 is 25.6 Å². The molecular weight excluding hydrogens is 415 g/mol. The first-order valence-corrected chi connectivity index (χ1v) is 9.38. The monoisotopic (exact) mass is 421 g/mol. The summed E-state index contributed by atoms with van der Waals surface area (Å²) in [5.74, 6) is -1.25. The zero-order chi connectivity index (χ0) is 16.7. The third-order valence-corrected chi connectivity index (χ3v) is 5.29. The van der Waals surface area contributed by atoms with Gasteiger partial charge < -0.3 is 0 Å². The number of anilines is 1. The van der Waals surface area contributed by atoms with Crippen LogP contribution in [0.25, 0.3) is 0 Å². The summed E-state index contributed by atoms with van der Waals surface area (Å²) in [5, 5.41) is 1.48. The molecule has 0 aromatic heterocycles. The fourth-order valence-corrected chi connectivity index (χ4v) is 3.88.